The molecule has 1 saturated carbocycles. The van der Waals surface area contributed by atoms with Crippen molar-refractivity contribution in [3.05, 3.63) is 24.3 Å². The molecule has 20 heavy (non-hydrogen) atoms. The Bertz CT molecular complexity index is 433. The number of ether oxygens (including phenoxy) is 2. The summed E-state index contributed by atoms with van der Waals surface area (Å²) in [5, 5.41) is 6.14. The van der Waals surface area contributed by atoms with Gasteiger partial charge in [-0.15, -0.1) is 0 Å². The molecule has 0 aromatic heterocycles. The largest absolute Gasteiger partial charge is 0.453 e. The zero-order valence-corrected chi connectivity index (χ0v) is 12.0. The number of rotatable bonds is 4. The third kappa shape index (κ3) is 3.87. The van der Waals surface area contributed by atoms with E-state index < -0.39 is 6.09 Å². The second kappa shape index (κ2) is 7.14. The Labute approximate surface area is 119 Å². The van der Waals surface area contributed by atoms with E-state index in [9.17, 15) is 4.79 Å². The maximum absolute atomic E-state index is 11.1. The van der Waals surface area contributed by atoms with Crippen LogP contribution in [0.4, 0.5) is 16.2 Å². The molecular formula is C15H22N2O3. The topological polar surface area (TPSA) is 59.6 Å². The molecular weight excluding hydrogens is 256 g/mol. The minimum Gasteiger partial charge on any atom is -0.453 e. The zero-order valence-electron chi connectivity index (χ0n) is 12.0. The molecule has 110 valence electrons. The second-order valence-corrected chi connectivity index (χ2v) is 5.00. The van der Waals surface area contributed by atoms with E-state index in [0.29, 0.717) is 11.7 Å². The molecule has 5 heteroatoms. The Morgan fingerprint density at radius 1 is 1.10 bits per heavy atom. The molecule has 0 radical (unpaired) electrons. The molecule has 1 aliphatic carbocycles. The van der Waals surface area contributed by atoms with Crippen molar-refractivity contribution < 1.29 is 14.3 Å². The van der Waals surface area contributed by atoms with Crippen LogP contribution < -0.4 is 10.6 Å². The van der Waals surface area contributed by atoms with Crippen LogP contribution in [0.5, 0.6) is 0 Å². The van der Waals surface area contributed by atoms with Crippen LogP contribution in [0.15, 0.2) is 24.3 Å². The van der Waals surface area contributed by atoms with Gasteiger partial charge in [-0.3, -0.25) is 5.32 Å². The van der Waals surface area contributed by atoms with Crippen molar-refractivity contribution in [2.24, 2.45) is 0 Å². The van der Waals surface area contributed by atoms with Crippen LogP contribution in [0.1, 0.15) is 25.7 Å². The molecule has 1 aromatic carbocycles. The predicted octanol–water partition coefficient (Wildman–Crippen LogP) is 3.23. The summed E-state index contributed by atoms with van der Waals surface area (Å²) in [5.41, 5.74) is 1.75. The lowest BCUT2D eigenvalue weighted by molar-refractivity contribution is 0.0606. The van der Waals surface area contributed by atoms with Crippen LogP contribution in [-0.2, 0) is 9.47 Å². The van der Waals surface area contributed by atoms with Gasteiger partial charge in [0, 0.05) is 18.5 Å². The predicted molar refractivity (Wildman–Crippen MR) is 79.1 cm³/mol. The van der Waals surface area contributed by atoms with Crippen molar-refractivity contribution in [2.75, 3.05) is 24.9 Å². The molecule has 2 unspecified atom stereocenters. The second-order valence-electron chi connectivity index (χ2n) is 5.00. The smallest absolute Gasteiger partial charge is 0.411 e. The number of carbonyl (C=O) groups is 1. The van der Waals surface area contributed by atoms with E-state index in [2.05, 4.69) is 15.4 Å². The van der Waals surface area contributed by atoms with Gasteiger partial charge in [0.1, 0.15) is 0 Å². The first-order chi connectivity index (χ1) is 9.72. The summed E-state index contributed by atoms with van der Waals surface area (Å²) in [5.74, 6) is 0. The Morgan fingerprint density at radius 2 is 1.75 bits per heavy atom. The average Bonchev–Trinajstić information content (AvgIpc) is 2.49. The average molecular weight is 278 g/mol. The summed E-state index contributed by atoms with van der Waals surface area (Å²) in [6, 6.07) is 7.96. The van der Waals surface area contributed by atoms with Gasteiger partial charge < -0.3 is 14.8 Å². The van der Waals surface area contributed by atoms with Crippen LogP contribution in [0.25, 0.3) is 0 Å². The fraction of sp³-hybridized carbons (Fsp3) is 0.533. The van der Waals surface area contributed by atoms with Gasteiger partial charge in [0.05, 0.1) is 19.3 Å². The lowest BCUT2D eigenvalue weighted by Gasteiger charge is -2.31. The summed E-state index contributed by atoms with van der Waals surface area (Å²) in [6.45, 7) is 0. The van der Waals surface area contributed by atoms with Gasteiger partial charge in [0.25, 0.3) is 0 Å². The summed E-state index contributed by atoms with van der Waals surface area (Å²) in [7, 11) is 3.12. The highest BCUT2D eigenvalue weighted by atomic mass is 16.5. The molecule has 0 bridgehead atoms. The fourth-order valence-corrected chi connectivity index (χ4v) is 2.58. The molecule has 1 aliphatic rings. The normalized spacial score (nSPS) is 22.1. The number of hydrogen-bond donors (Lipinski definition) is 2. The molecule has 2 atom stereocenters. The standard InChI is InChI=1S/C15H22N2O3/c1-19-14-6-4-3-5-13(14)16-11-7-9-12(10-8-11)17-15(18)20-2/h7-10,13-14,16H,3-6H2,1-2H3,(H,17,18). The minimum atomic E-state index is -0.461. The van der Waals surface area contributed by atoms with Crippen LogP contribution in [0, 0.1) is 0 Å². The van der Waals surface area contributed by atoms with Crippen molar-refractivity contribution in [2.45, 2.75) is 37.8 Å². The number of hydrogen-bond acceptors (Lipinski definition) is 4. The quantitative estimate of drug-likeness (QED) is 0.887. The summed E-state index contributed by atoms with van der Waals surface area (Å²) in [6.07, 6.45) is 4.52. The molecule has 1 amide bonds. The van der Waals surface area contributed by atoms with E-state index in [1.807, 2.05) is 24.3 Å². The molecule has 1 fully saturated rings. The number of amides is 1. The Hall–Kier alpha value is -1.75. The van der Waals surface area contributed by atoms with E-state index in [1.54, 1.807) is 7.11 Å². The van der Waals surface area contributed by atoms with Gasteiger partial charge in [0.15, 0.2) is 0 Å². The fourth-order valence-electron chi connectivity index (χ4n) is 2.58. The van der Waals surface area contributed by atoms with Crippen LogP contribution >= 0.6 is 0 Å². The van der Waals surface area contributed by atoms with Crippen molar-refractivity contribution in [1.82, 2.24) is 0 Å². The van der Waals surface area contributed by atoms with Crippen LogP contribution in [0.2, 0.25) is 0 Å². The maximum Gasteiger partial charge on any atom is 0.411 e. The lowest BCUT2D eigenvalue weighted by Crippen LogP contribution is -2.37. The first-order valence-corrected chi connectivity index (χ1v) is 6.97. The highest BCUT2D eigenvalue weighted by molar-refractivity contribution is 5.84. The summed E-state index contributed by atoms with van der Waals surface area (Å²) < 4.78 is 10.1. The van der Waals surface area contributed by atoms with Gasteiger partial charge >= 0.3 is 6.09 Å². The molecule has 1 aromatic rings. The molecule has 0 spiro atoms. The minimum absolute atomic E-state index is 0.275. The van der Waals surface area contributed by atoms with E-state index in [0.717, 1.165) is 18.5 Å². The first-order valence-electron chi connectivity index (χ1n) is 6.97. The van der Waals surface area contributed by atoms with E-state index in [4.69, 9.17) is 4.74 Å². The Balaban J connectivity index is 1.94. The monoisotopic (exact) mass is 278 g/mol. The van der Waals surface area contributed by atoms with Crippen molar-refractivity contribution >= 4 is 17.5 Å². The number of benzene rings is 1. The Morgan fingerprint density at radius 3 is 2.40 bits per heavy atom. The van der Waals surface area contributed by atoms with Gasteiger partial charge in [-0.25, -0.2) is 4.79 Å². The molecule has 2 N–H and O–H groups in total. The van der Waals surface area contributed by atoms with Crippen molar-refractivity contribution in [3.8, 4) is 0 Å². The molecule has 5 nitrogen and oxygen atoms in total. The summed E-state index contributed by atoms with van der Waals surface area (Å²) >= 11 is 0. The molecule has 2 rings (SSSR count). The third-order valence-corrected chi connectivity index (χ3v) is 3.67. The highest BCUT2D eigenvalue weighted by Crippen LogP contribution is 2.24. The van der Waals surface area contributed by atoms with Crippen molar-refractivity contribution in [3.63, 3.8) is 0 Å². The Kier molecular flexibility index (Phi) is 5.24. The van der Waals surface area contributed by atoms with Gasteiger partial charge in [-0.05, 0) is 37.1 Å². The van der Waals surface area contributed by atoms with Crippen molar-refractivity contribution in [1.29, 1.82) is 0 Å². The van der Waals surface area contributed by atoms with Gasteiger partial charge in [-0.1, -0.05) is 12.8 Å². The van der Waals surface area contributed by atoms with Gasteiger partial charge in [-0.2, -0.15) is 0 Å². The maximum atomic E-state index is 11.1. The van der Waals surface area contributed by atoms with E-state index >= 15 is 0 Å². The number of carbonyl (C=O) groups excluding carboxylic acids is 1. The lowest BCUT2D eigenvalue weighted by atomic mass is 9.92. The first kappa shape index (κ1) is 14.7. The van der Waals surface area contributed by atoms with Gasteiger partial charge in [0.2, 0.25) is 0 Å². The van der Waals surface area contributed by atoms with E-state index in [1.165, 1.54) is 20.0 Å². The number of anilines is 2. The SMILES string of the molecule is COC(=O)Nc1ccc(NC2CCCCC2OC)cc1. The number of nitrogens with one attached hydrogen (secondary N) is 2. The molecule has 0 heterocycles. The molecule has 0 aliphatic heterocycles. The number of methoxy groups -OCH3 is 2. The van der Waals surface area contributed by atoms with Crippen LogP contribution in [-0.4, -0.2) is 32.5 Å². The van der Waals surface area contributed by atoms with Crippen LogP contribution in [0.3, 0.4) is 0 Å². The highest BCUT2D eigenvalue weighted by Gasteiger charge is 2.24. The zero-order chi connectivity index (χ0) is 14.4. The summed E-state index contributed by atoms with van der Waals surface area (Å²) in [4.78, 5) is 11.1. The molecule has 0 saturated heterocycles. The third-order valence-electron chi connectivity index (χ3n) is 3.67. The van der Waals surface area contributed by atoms with E-state index in [-0.39, 0.29) is 6.10 Å².